The van der Waals surface area contributed by atoms with Crippen molar-refractivity contribution in [3.8, 4) is 5.69 Å². The molecule has 96 valence electrons. The molecule has 0 radical (unpaired) electrons. The molecule has 1 atom stereocenters. The monoisotopic (exact) mass is 270 g/mol. The summed E-state index contributed by atoms with van der Waals surface area (Å²) < 4.78 is 1.78. The van der Waals surface area contributed by atoms with E-state index in [1.165, 1.54) is 0 Å². The van der Waals surface area contributed by atoms with Gasteiger partial charge in [0.2, 0.25) is 0 Å². The third-order valence-corrected chi connectivity index (χ3v) is 4.13. The second-order valence-corrected chi connectivity index (χ2v) is 5.34. The second kappa shape index (κ2) is 4.99. The predicted octanol–water partition coefficient (Wildman–Crippen LogP) is 3.32. The average Bonchev–Trinajstić information content (AvgIpc) is 3.08. The predicted molar refractivity (Wildman–Crippen MR) is 76.7 cm³/mol. The Hall–Kier alpha value is -1.91. The number of aliphatic hydroxyl groups excluding tert-OH is 1. The minimum atomic E-state index is -0.648. The molecule has 3 rings (SSSR count). The molecule has 0 amide bonds. The van der Waals surface area contributed by atoms with Gasteiger partial charge in [0.1, 0.15) is 6.10 Å². The minimum Gasteiger partial charge on any atom is -0.381 e. The van der Waals surface area contributed by atoms with Crippen LogP contribution in [0.3, 0.4) is 0 Å². The standard InChI is InChI=1S/C15H14N2OS/c1-11-8-10-19-15(11)14(18)13-7-9-17(16-13)12-5-3-2-4-6-12/h2-10,14,18H,1H3. The zero-order valence-corrected chi connectivity index (χ0v) is 11.3. The Morgan fingerprint density at radius 2 is 1.95 bits per heavy atom. The van der Waals surface area contributed by atoms with Crippen LogP contribution in [-0.2, 0) is 0 Å². The fraction of sp³-hybridized carbons (Fsp3) is 0.133. The molecule has 3 aromatic rings. The van der Waals surface area contributed by atoms with Gasteiger partial charge in [0, 0.05) is 11.1 Å². The lowest BCUT2D eigenvalue weighted by Gasteiger charge is -2.07. The molecule has 1 unspecified atom stereocenters. The van der Waals surface area contributed by atoms with E-state index in [-0.39, 0.29) is 0 Å². The number of rotatable bonds is 3. The molecule has 0 fully saturated rings. The summed E-state index contributed by atoms with van der Waals surface area (Å²) in [5.41, 5.74) is 2.77. The normalized spacial score (nSPS) is 12.5. The number of hydrogen-bond donors (Lipinski definition) is 1. The molecule has 2 aromatic heterocycles. The Labute approximate surface area is 115 Å². The number of aromatic nitrogens is 2. The number of benzene rings is 1. The number of para-hydroxylation sites is 1. The van der Waals surface area contributed by atoms with Crippen LogP contribution in [0.1, 0.15) is 22.2 Å². The maximum atomic E-state index is 10.4. The van der Waals surface area contributed by atoms with Crippen LogP contribution < -0.4 is 0 Å². The maximum absolute atomic E-state index is 10.4. The third kappa shape index (κ3) is 2.32. The first-order valence-corrected chi connectivity index (χ1v) is 6.97. The van der Waals surface area contributed by atoms with Gasteiger partial charge < -0.3 is 5.11 Å². The zero-order valence-electron chi connectivity index (χ0n) is 10.5. The lowest BCUT2D eigenvalue weighted by atomic mass is 10.1. The number of hydrogen-bond acceptors (Lipinski definition) is 3. The molecule has 0 aliphatic rings. The van der Waals surface area contributed by atoms with Crippen LogP contribution >= 0.6 is 11.3 Å². The van der Waals surface area contributed by atoms with Gasteiger partial charge in [-0.25, -0.2) is 4.68 Å². The van der Waals surface area contributed by atoms with E-state index in [1.54, 1.807) is 16.0 Å². The van der Waals surface area contributed by atoms with Gasteiger partial charge in [-0.15, -0.1) is 11.3 Å². The van der Waals surface area contributed by atoms with Crippen molar-refractivity contribution >= 4 is 11.3 Å². The van der Waals surface area contributed by atoms with Gasteiger partial charge in [0.15, 0.2) is 0 Å². The average molecular weight is 270 g/mol. The summed E-state index contributed by atoms with van der Waals surface area (Å²) in [6.45, 7) is 2.00. The highest BCUT2D eigenvalue weighted by Crippen LogP contribution is 2.28. The van der Waals surface area contributed by atoms with Crippen molar-refractivity contribution in [3.63, 3.8) is 0 Å². The minimum absolute atomic E-state index is 0.648. The number of nitrogens with zero attached hydrogens (tertiary/aromatic N) is 2. The summed E-state index contributed by atoms with van der Waals surface area (Å²) in [5.74, 6) is 0. The molecular weight excluding hydrogens is 256 g/mol. The summed E-state index contributed by atoms with van der Waals surface area (Å²) in [5, 5.41) is 16.8. The van der Waals surface area contributed by atoms with Gasteiger partial charge >= 0.3 is 0 Å². The van der Waals surface area contributed by atoms with Gasteiger partial charge in [-0.1, -0.05) is 18.2 Å². The second-order valence-electron chi connectivity index (χ2n) is 4.39. The SMILES string of the molecule is Cc1ccsc1C(O)c1ccn(-c2ccccc2)n1. The smallest absolute Gasteiger partial charge is 0.132 e. The Bertz CT molecular complexity index is 672. The van der Waals surface area contributed by atoms with E-state index in [2.05, 4.69) is 5.10 Å². The lowest BCUT2D eigenvalue weighted by molar-refractivity contribution is 0.218. The lowest BCUT2D eigenvalue weighted by Crippen LogP contribution is -2.02. The van der Waals surface area contributed by atoms with Crippen molar-refractivity contribution in [3.05, 3.63) is 70.2 Å². The summed E-state index contributed by atoms with van der Waals surface area (Å²) >= 11 is 1.56. The Morgan fingerprint density at radius 3 is 2.63 bits per heavy atom. The fourth-order valence-corrected chi connectivity index (χ4v) is 2.93. The molecule has 19 heavy (non-hydrogen) atoms. The van der Waals surface area contributed by atoms with Crippen molar-refractivity contribution in [2.24, 2.45) is 0 Å². The zero-order chi connectivity index (χ0) is 13.2. The van der Waals surface area contributed by atoms with Crippen LogP contribution in [0, 0.1) is 6.92 Å². The molecule has 1 aromatic carbocycles. The first kappa shape index (κ1) is 12.1. The Morgan fingerprint density at radius 1 is 1.16 bits per heavy atom. The third-order valence-electron chi connectivity index (χ3n) is 3.06. The van der Waals surface area contributed by atoms with E-state index >= 15 is 0 Å². The molecule has 3 nitrogen and oxygen atoms in total. The molecular formula is C15H14N2OS. The van der Waals surface area contributed by atoms with Crippen LogP contribution in [0.4, 0.5) is 0 Å². The van der Waals surface area contributed by atoms with Gasteiger partial charge in [-0.2, -0.15) is 5.10 Å². The summed E-state index contributed by atoms with van der Waals surface area (Å²) in [6.07, 6.45) is 1.22. The van der Waals surface area contributed by atoms with Gasteiger partial charge in [-0.05, 0) is 42.1 Å². The molecule has 4 heteroatoms. The highest BCUT2D eigenvalue weighted by Gasteiger charge is 2.17. The fourth-order valence-electron chi connectivity index (χ4n) is 2.01. The first-order chi connectivity index (χ1) is 9.25. The molecule has 0 aliphatic carbocycles. The summed E-state index contributed by atoms with van der Waals surface area (Å²) in [7, 11) is 0. The Kier molecular flexibility index (Phi) is 3.19. The summed E-state index contributed by atoms with van der Waals surface area (Å²) in [4.78, 5) is 0.957. The van der Waals surface area contributed by atoms with Crippen LogP contribution in [0.15, 0.2) is 54.0 Å². The van der Waals surface area contributed by atoms with E-state index in [0.29, 0.717) is 5.69 Å². The summed E-state index contributed by atoms with van der Waals surface area (Å²) in [6, 6.07) is 13.7. The van der Waals surface area contributed by atoms with Gasteiger partial charge in [0.05, 0.1) is 11.4 Å². The van der Waals surface area contributed by atoms with Crippen LogP contribution in [0.2, 0.25) is 0 Å². The van der Waals surface area contributed by atoms with E-state index in [1.807, 2.05) is 61.0 Å². The molecule has 0 spiro atoms. The van der Waals surface area contributed by atoms with Crippen molar-refractivity contribution in [2.75, 3.05) is 0 Å². The molecule has 0 saturated carbocycles. The molecule has 0 bridgehead atoms. The largest absolute Gasteiger partial charge is 0.381 e. The van der Waals surface area contributed by atoms with E-state index in [4.69, 9.17) is 0 Å². The van der Waals surface area contributed by atoms with Gasteiger partial charge in [-0.3, -0.25) is 0 Å². The molecule has 2 heterocycles. The molecule has 1 N–H and O–H groups in total. The molecule has 0 aliphatic heterocycles. The van der Waals surface area contributed by atoms with Crippen molar-refractivity contribution in [1.29, 1.82) is 0 Å². The van der Waals surface area contributed by atoms with E-state index in [0.717, 1.165) is 16.1 Å². The Balaban J connectivity index is 1.92. The van der Waals surface area contributed by atoms with Crippen molar-refractivity contribution in [2.45, 2.75) is 13.0 Å². The van der Waals surface area contributed by atoms with Gasteiger partial charge in [0.25, 0.3) is 0 Å². The number of aliphatic hydroxyl groups is 1. The number of aryl methyl sites for hydroxylation is 1. The maximum Gasteiger partial charge on any atom is 0.132 e. The molecule has 0 saturated heterocycles. The van der Waals surface area contributed by atoms with Crippen LogP contribution in [0.25, 0.3) is 5.69 Å². The topological polar surface area (TPSA) is 38.0 Å². The number of thiophene rings is 1. The van der Waals surface area contributed by atoms with Crippen molar-refractivity contribution in [1.82, 2.24) is 9.78 Å². The highest BCUT2D eigenvalue weighted by atomic mass is 32.1. The van der Waals surface area contributed by atoms with Crippen LogP contribution in [-0.4, -0.2) is 14.9 Å². The first-order valence-electron chi connectivity index (χ1n) is 6.09. The quantitative estimate of drug-likeness (QED) is 0.792. The van der Waals surface area contributed by atoms with Crippen molar-refractivity contribution < 1.29 is 5.11 Å². The van der Waals surface area contributed by atoms with Crippen LogP contribution in [0.5, 0.6) is 0 Å². The van der Waals surface area contributed by atoms with E-state index < -0.39 is 6.10 Å². The van der Waals surface area contributed by atoms with E-state index in [9.17, 15) is 5.11 Å². The highest BCUT2D eigenvalue weighted by molar-refractivity contribution is 7.10.